The van der Waals surface area contributed by atoms with Crippen molar-refractivity contribution in [3.8, 4) is 11.5 Å². The van der Waals surface area contributed by atoms with Crippen LogP contribution >= 0.6 is 0 Å². The van der Waals surface area contributed by atoms with Gasteiger partial charge in [-0.3, -0.25) is 9.59 Å². The van der Waals surface area contributed by atoms with Crippen molar-refractivity contribution in [1.82, 2.24) is 5.43 Å². The van der Waals surface area contributed by atoms with Crippen LogP contribution in [-0.2, 0) is 9.59 Å². The number of rotatable bonds is 6. The van der Waals surface area contributed by atoms with Crippen LogP contribution in [0, 0.1) is 6.92 Å². The Balaban J connectivity index is 1.60. The molecule has 0 aliphatic heterocycles. The number of methoxy groups -OCH3 is 1. The van der Waals surface area contributed by atoms with Crippen LogP contribution in [0.4, 0.5) is 5.69 Å². The van der Waals surface area contributed by atoms with Crippen molar-refractivity contribution >= 4 is 29.7 Å². The summed E-state index contributed by atoms with van der Waals surface area (Å²) in [5.74, 6) is -1.73. The summed E-state index contributed by atoms with van der Waals surface area (Å²) < 4.78 is 10.7. The predicted molar refractivity (Wildman–Crippen MR) is 120 cm³/mol. The van der Waals surface area contributed by atoms with Crippen molar-refractivity contribution in [2.75, 3.05) is 12.4 Å². The van der Waals surface area contributed by atoms with E-state index in [1.165, 1.54) is 13.3 Å². The van der Waals surface area contributed by atoms with Gasteiger partial charge in [-0.15, -0.1) is 0 Å². The highest BCUT2D eigenvalue weighted by molar-refractivity contribution is 6.39. The minimum atomic E-state index is -0.914. The van der Waals surface area contributed by atoms with Gasteiger partial charge in [-0.1, -0.05) is 30.3 Å². The van der Waals surface area contributed by atoms with Gasteiger partial charge in [0.25, 0.3) is 0 Å². The zero-order chi connectivity index (χ0) is 22.9. The zero-order valence-corrected chi connectivity index (χ0v) is 17.5. The minimum Gasteiger partial charge on any atom is -0.493 e. The van der Waals surface area contributed by atoms with Crippen LogP contribution in [0.1, 0.15) is 21.5 Å². The average molecular weight is 431 g/mol. The van der Waals surface area contributed by atoms with Gasteiger partial charge in [0.1, 0.15) is 0 Å². The first kappa shape index (κ1) is 22.2. The number of carbonyl (C=O) groups excluding carboxylic acids is 3. The lowest BCUT2D eigenvalue weighted by molar-refractivity contribution is -0.136. The molecule has 8 nitrogen and oxygen atoms in total. The van der Waals surface area contributed by atoms with Crippen molar-refractivity contribution in [2.45, 2.75) is 6.92 Å². The zero-order valence-electron chi connectivity index (χ0n) is 17.5. The van der Waals surface area contributed by atoms with Gasteiger partial charge in [-0.25, -0.2) is 10.2 Å². The molecule has 32 heavy (non-hydrogen) atoms. The molecule has 0 spiro atoms. The lowest BCUT2D eigenvalue weighted by Gasteiger charge is -2.10. The maximum atomic E-state index is 12.2. The normalized spacial score (nSPS) is 10.4. The molecule has 0 heterocycles. The maximum absolute atomic E-state index is 12.2. The highest BCUT2D eigenvalue weighted by Crippen LogP contribution is 2.28. The van der Waals surface area contributed by atoms with E-state index in [0.717, 1.165) is 5.56 Å². The Morgan fingerprint density at radius 3 is 2.38 bits per heavy atom. The van der Waals surface area contributed by atoms with E-state index < -0.39 is 17.8 Å². The van der Waals surface area contributed by atoms with Crippen molar-refractivity contribution in [3.05, 3.63) is 89.5 Å². The molecule has 3 aromatic rings. The Morgan fingerprint density at radius 1 is 0.875 bits per heavy atom. The number of hydrogen-bond acceptors (Lipinski definition) is 6. The molecule has 3 aromatic carbocycles. The number of aryl methyl sites for hydroxylation is 1. The molecule has 162 valence electrons. The summed E-state index contributed by atoms with van der Waals surface area (Å²) in [4.78, 5) is 36.1. The summed E-state index contributed by atoms with van der Waals surface area (Å²) in [6.45, 7) is 1.88. The van der Waals surface area contributed by atoms with E-state index in [-0.39, 0.29) is 5.75 Å². The van der Waals surface area contributed by atoms with E-state index in [2.05, 4.69) is 15.8 Å². The third kappa shape index (κ3) is 6.02. The smallest absolute Gasteiger partial charge is 0.343 e. The fraction of sp³-hybridized carbons (Fsp3) is 0.0833. The van der Waals surface area contributed by atoms with Gasteiger partial charge >= 0.3 is 17.8 Å². The third-order valence-corrected chi connectivity index (χ3v) is 4.26. The van der Waals surface area contributed by atoms with Crippen molar-refractivity contribution in [1.29, 1.82) is 0 Å². The van der Waals surface area contributed by atoms with Gasteiger partial charge in [0, 0.05) is 5.69 Å². The second-order valence-corrected chi connectivity index (χ2v) is 6.69. The molecule has 3 rings (SSSR count). The van der Waals surface area contributed by atoms with Crippen molar-refractivity contribution < 1.29 is 23.9 Å². The molecule has 0 unspecified atom stereocenters. The summed E-state index contributed by atoms with van der Waals surface area (Å²) >= 11 is 0. The Hall–Kier alpha value is -4.46. The maximum Gasteiger partial charge on any atom is 0.343 e. The summed E-state index contributed by atoms with van der Waals surface area (Å²) in [5, 5.41) is 6.28. The van der Waals surface area contributed by atoms with E-state index in [1.54, 1.807) is 66.7 Å². The Kier molecular flexibility index (Phi) is 7.32. The topological polar surface area (TPSA) is 106 Å². The van der Waals surface area contributed by atoms with Crippen molar-refractivity contribution in [2.24, 2.45) is 5.10 Å². The highest BCUT2D eigenvalue weighted by Gasteiger charge is 2.14. The number of nitrogens with zero attached hydrogens (tertiary/aromatic N) is 1. The molecule has 0 saturated carbocycles. The largest absolute Gasteiger partial charge is 0.493 e. The monoisotopic (exact) mass is 431 g/mol. The van der Waals surface area contributed by atoms with Crippen LogP contribution in [0.25, 0.3) is 0 Å². The fourth-order valence-corrected chi connectivity index (χ4v) is 2.71. The number of anilines is 1. The SMILES string of the molecule is COc1cc(/C=N/NC(=O)C(=O)Nc2cccc(C)c2)ccc1OC(=O)c1ccccc1. The highest BCUT2D eigenvalue weighted by atomic mass is 16.6. The summed E-state index contributed by atoms with van der Waals surface area (Å²) in [5.41, 5.74) is 4.59. The number of amides is 2. The number of benzene rings is 3. The van der Waals surface area contributed by atoms with E-state index in [9.17, 15) is 14.4 Å². The number of esters is 1. The summed E-state index contributed by atoms with van der Waals surface area (Å²) in [6.07, 6.45) is 1.34. The Morgan fingerprint density at radius 2 is 1.66 bits per heavy atom. The molecule has 0 radical (unpaired) electrons. The molecule has 0 aromatic heterocycles. The van der Waals surface area contributed by atoms with E-state index in [1.807, 2.05) is 13.0 Å². The third-order valence-electron chi connectivity index (χ3n) is 4.26. The molecule has 0 fully saturated rings. The molecular weight excluding hydrogens is 410 g/mol. The van der Waals surface area contributed by atoms with Gasteiger partial charge < -0.3 is 14.8 Å². The van der Waals surface area contributed by atoms with Crippen LogP contribution in [0.5, 0.6) is 11.5 Å². The van der Waals surface area contributed by atoms with Gasteiger partial charge in [0.05, 0.1) is 18.9 Å². The quantitative estimate of drug-likeness (QED) is 0.205. The van der Waals surface area contributed by atoms with Crippen LogP contribution in [0.3, 0.4) is 0 Å². The average Bonchev–Trinajstić information content (AvgIpc) is 2.80. The van der Waals surface area contributed by atoms with Crippen LogP contribution in [0.15, 0.2) is 77.9 Å². The molecule has 0 aliphatic carbocycles. The first-order valence-electron chi connectivity index (χ1n) is 9.62. The van der Waals surface area contributed by atoms with Gasteiger partial charge in [-0.05, 0) is 60.5 Å². The summed E-state index contributed by atoms with van der Waals surface area (Å²) in [6, 6.07) is 20.4. The minimum absolute atomic E-state index is 0.236. The first-order valence-corrected chi connectivity index (χ1v) is 9.62. The number of nitrogens with one attached hydrogen (secondary N) is 2. The molecule has 2 N–H and O–H groups in total. The Bertz CT molecular complexity index is 1160. The van der Waals surface area contributed by atoms with Crippen molar-refractivity contribution in [3.63, 3.8) is 0 Å². The Labute approximate surface area is 184 Å². The van der Waals surface area contributed by atoms with Gasteiger partial charge in [0.2, 0.25) is 0 Å². The fourth-order valence-electron chi connectivity index (χ4n) is 2.71. The molecule has 0 atom stereocenters. The molecule has 0 bridgehead atoms. The number of hydrazone groups is 1. The summed E-state index contributed by atoms with van der Waals surface area (Å²) in [7, 11) is 1.44. The second-order valence-electron chi connectivity index (χ2n) is 6.69. The predicted octanol–water partition coefficient (Wildman–Crippen LogP) is 3.31. The van der Waals surface area contributed by atoms with Crippen LogP contribution < -0.4 is 20.2 Å². The molecule has 8 heteroatoms. The number of ether oxygens (including phenoxy) is 2. The molecule has 0 saturated heterocycles. The van der Waals surface area contributed by atoms with Crippen LogP contribution in [-0.4, -0.2) is 31.1 Å². The standard InChI is InChI=1S/C24H21N3O5/c1-16-7-6-10-19(13-16)26-22(28)23(29)27-25-15-17-11-12-20(21(14-17)31-2)32-24(30)18-8-4-3-5-9-18/h3-15H,1-2H3,(H,26,28)(H,27,29)/b25-15+. The van der Waals surface area contributed by atoms with E-state index in [0.29, 0.717) is 22.6 Å². The van der Waals surface area contributed by atoms with Gasteiger partial charge in [-0.2, -0.15) is 5.10 Å². The molecular formula is C24H21N3O5. The lowest BCUT2D eigenvalue weighted by Crippen LogP contribution is -2.32. The molecule has 0 aliphatic rings. The van der Waals surface area contributed by atoms with Gasteiger partial charge in [0.15, 0.2) is 11.5 Å². The number of hydrogen-bond donors (Lipinski definition) is 2. The first-order chi connectivity index (χ1) is 15.5. The number of carbonyl (C=O) groups is 3. The lowest BCUT2D eigenvalue weighted by atomic mass is 10.2. The molecule has 2 amide bonds. The van der Waals surface area contributed by atoms with E-state index >= 15 is 0 Å². The van der Waals surface area contributed by atoms with E-state index in [4.69, 9.17) is 9.47 Å². The second kappa shape index (κ2) is 10.5. The van der Waals surface area contributed by atoms with Crippen LogP contribution in [0.2, 0.25) is 0 Å².